The molecule has 2 aromatic carbocycles. The molecule has 1 fully saturated rings. The van der Waals surface area contributed by atoms with Crippen LogP contribution in [0.5, 0.6) is 17.2 Å². The van der Waals surface area contributed by atoms with Crippen molar-refractivity contribution >= 4 is 35.3 Å². The number of phenols is 1. The highest BCUT2D eigenvalue weighted by molar-refractivity contribution is 8.15. The topological polar surface area (TPSA) is 84.9 Å². The van der Waals surface area contributed by atoms with Gasteiger partial charge in [-0.2, -0.15) is 0 Å². The Morgan fingerprint density at radius 2 is 1.84 bits per heavy atom. The minimum Gasteiger partial charge on any atom is -0.507 e. The number of halogens is 1. The number of aromatic hydroxyl groups is 1. The van der Waals surface area contributed by atoms with Crippen molar-refractivity contribution in [3.05, 3.63) is 52.1 Å². The zero-order chi connectivity index (χ0) is 22.3. The Hall–Kier alpha value is -2.38. The van der Waals surface area contributed by atoms with E-state index in [1.54, 1.807) is 0 Å². The summed E-state index contributed by atoms with van der Waals surface area (Å²) in [5.41, 5.74) is 4.31. The van der Waals surface area contributed by atoms with Crippen molar-refractivity contribution in [3.63, 3.8) is 0 Å². The Morgan fingerprint density at radius 1 is 1.16 bits per heavy atom. The molecule has 8 heteroatoms. The molecule has 2 aliphatic rings. The first-order chi connectivity index (χ1) is 14.7. The summed E-state index contributed by atoms with van der Waals surface area (Å²) in [4.78, 5) is 23.0. The summed E-state index contributed by atoms with van der Waals surface area (Å²) in [6.07, 6.45) is 2.13. The van der Waals surface area contributed by atoms with Crippen molar-refractivity contribution in [1.82, 2.24) is 5.32 Å². The van der Waals surface area contributed by atoms with Crippen molar-refractivity contribution in [2.75, 3.05) is 6.61 Å². The molecule has 0 radical (unpaired) electrons. The second kappa shape index (κ2) is 9.24. The maximum Gasteiger partial charge on any atom is 0.286 e. The lowest BCUT2D eigenvalue weighted by molar-refractivity contribution is -0.118. The van der Waals surface area contributed by atoms with Crippen molar-refractivity contribution in [3.8, 4) is 17.2 Å². The van der Waals surface area contributed by atoms with Crippen molar-refractivity contribution in [1.29, 1.82) is 0 Å². The number of imide groups is 1. The van der Waals surface area contributed by atoms with Gasteiger partial charge >= 0.3 is 0 Å². The fraction of sp³-hybridized carbons (Fsp3) is 0.417. The van der Waals surface area contributed by atoms with Gasteiger partial charge in [-0.1, -0.05) is 23.9 Å². The molecule has 2 heterocycles. The van der Waals surface area contributed by atoms with Crippen LogP contribution in [0, 0.1) is 20.8 Å². The van der Waals surface area contributed by atoms with E-state index in [0.29, 0.717) is 18.8 Å². The molecule has 2 atom stereocenters. The minimum atomic E-state index is -0.467. The largest absolute Gasteiger partial charge is 0.507 e. The van der Waals surface area contributed by atoms with Gasteiger partial charge < -0.3 is 14.6 Å². The normalized spacial score (nSPS) is 21.9. The molecular weight excluding hydrogens is 450 g/mol. The van der Waals surface area contributed by atoms with Crippen LogP contribution in [0.25, 0.3) is 0 Å². The van der Waals surface area contributed by atoms with Crippen LogP contribution in [0.1, 0.15) is 41.2 Å². The Bertz CT molecular complexity index is 1060. The van der Waals surface area contributed by atoms with Gasteiger partial charge in [0, 0.05) is 5.56 Å². The van der Waals surface area contributed by atoms with Gasteiger partial charge in [0.05, 0.1) is 5.25 Å². The molecule has 2 unspecified atom stereocenters. The van der Waals surface area contributed by atoms with Crippen LogP contribution in [-0.2, 0) is 17.6 Å². The summed E-state index contributed by atoms with van der Waals surface area (Å²) in [5, 5.41) is 12.0. The average Bonchev–Trinajstić information content (AvgIpc) is 3.06. The number of benzene rings is 2. The number of hydrogen-bond acceptors (Lipinski definition) is 6. The summed E-state index contributed by atoms with van der Waals surface area (Å²) in [6, 6.07) is 7.61. The number of rotatable bonds is 5. The van der Waals surface area contributed by atoms with Crippen LogP contribution in [0.2, 0.25) is 0 Å². The van der Waals surface area contributed by atoms with Crippen molar-refractivity contribution < 1.29 is 24.2 Å². The zero-order valence-corrected chi connectivity index (χ0v) is 20.2. The molecule has 172 valence electrons. The molecule has 2 amide bonds. The van der Waals surface area contributed by atoms with E-state index in [9.17, 15) is 14.7 Å². The number of carbonyl (C=O) groups excluding carboxylic acids is 2. The van der Waals surface area contributed by atoms with Crippen molar-refractivity contribution in [2.24, 2.45) is 0 Å². The van der Waals surface area contributed by atoms with E-state index in [1.165, 1.54) is 0 Å². The lowest BCUT2D eigenvalue weighted by Crippen LogP contribution is -2.42. The molecule has 0 aromatic heterocycles. The van der Waals surface area contributed by atoms with E-state index in [-0.39, 0.29) is 28.8 Å². The summed E-state index contributed by atoms with van der Waals surface area (Å²) < 4.78 is 12.4. The molecule has 2 aliphatic heterocycles. The Morgan fingerprint density at radius 3 is 2.47 bits per heavy atom. The molecule has 1 saturated heterocycles. The Kier molecular flexibility index (Phi) is 7.00. The van der Waals surface area contributed by atoms with Gasteiger partial charge in [-0.15, -0.1) is 12.4 Å². The molecule has 0 spiro atoms. The monoisotopic (exact) mass is 477 g/mol. The molecule has 2 aromatic rings. The summed E-state index contributed by atoms with van der Waals surface area (Å²) in [6.45, 7) is 8.28. The fourth-order valence-electron chi connectivity index (χ4n) is 4.10. The number of fused-ring (bicyclic) bond motifs is 1. The van der Waals surface area contributed by atoms with Crippen LogP contribution in [0.4, 0.5) is 4.79 Å². The molecule has 0 aliphatic carbocycles. The van der Waals surface area contributed by atoms with E-state index in [2.05, 4.69) is 5.32 Å². The maximum absolute atomic E-state index is 11.7. The molecule has 0 saturated carbocycles. The van der Waals surface area contributed by atoms with E-state index in [0.717, 1.165) is 63.9 Å². The van der Waals surface area contributed by atoms with Crippen molar-refractivity contribution in [2.45, 2.75) is 57.8 Å². The first kappa shape index (κ1) is 24.3. The Balaban J connectivity index is 0.00000289. The number of thioether (sulfide) groups is 1. The van der Waals surface area contributed by atoms with Crippen LogP contribution in [0.15, 0.2) is 24.3 Å². The first-order valence-corrected chi connectivity index (χ1v) is 11.3. The quantitative estimate of drug-likeness (QED) is 0.643. The zero-order valence-electron chi connectivity index (χ0n) is 18.6. The summed E-state index contributed by atoms with van der Waals surface area (Å²) >= 11 is 1.04. The first-order valence-electron chi connectivity index (χ1n) is 10.4. The second-order valence-corrected chi connectivity index (χ2v) is 9.78. The number of nitrogens with one attached hydrogen (secondary N) is 1. The van der Waals surface area contributed by atoms with E-state index in [4.69, 9.17) is 9.47 Å². The summed E-state index contributed by atoms with van der Waals surface area (Å²) in [5.74, 6) is 1.72. The number of hydrogen-bond donors (Lipinski definition) is 2. The van der Waals surface area contributed by atoms with Gasteiger partial charge in [-0.3, -0.25) is 14.9 Å². The van der Waals surface area contributed by atoms with Crippen LogP contribution >= 0.6 is 24.2 Å². The molecule has 0 bridgehead atoms. The van der Waals surface area contributed by atoms with Gasteiger partial charge in [0.15, 0.2) is 0 Å². The lowest BCUT2D eigenvalue weighted by Gasteiger charge is -2.37. The predicted molar refractivity (Wildman–Crippen MR) is 127 cm³/mol. The number of carbonyl (C=O) groups is 2. The molecule has 6 nitrogen and oxygen atoms in total. The molecule has 2 N–H and O–H groups in total. The van der Waals surface area contributed by atoms with E-state index < -0.39 is 5.60 Å². The van der Waals surface area contributed by atoms with Gasteiger partial charge in [0.25, 0.3) is 5.24 Å². The highest BCUT2D eigenvalue weighted by Gasteiger charge is 2.35. The SMILES string of the molecule is Cc1c(C)c2c(c(C)c1O)CCC(C)(COc1ccc(CC3SC(=O)NC3=O)cc1)O2.Cl. The van der Waals surface area contributed by atoms with Gasteiger partial charge in [0.2, 0.25) is 5.91 Å². The molecule has 32 heavy (non-hydrogen) atoms. The lowest BCUT2D eigenvalue weighted by atomic mass is 9.87. The highest BCUT2D eigenvalue weighted by atomic mass is 35.5. The maximum atomic E-state index is 11.7. The highest BCUT2D eigenvalue weighted by Crippen LogP contribution is 2.43. The number of phenolic OH excluding ortho intramolecular Hbond substituents is 1. The third-order valence-electron chi connectivity index (χ3n) is 6.25. The minimum absolute atomic E-state index is 0. The number of amides is 2. The fourth-order valence-corrected chi connectivity index (χ4v) is 4.96. The van der Waals surface area contributed by atoms with Crippen LogP contribution in [-0.4, -0.2) is 33.7 Å². The van der Waals surface area contributed by atoms with Crippen LogP contribution < -0.4 is 14.8 Å². The van der Waals surface area contributed by atoms with E-state index >= 15 is 0 Å². The van der Waals surface area contributed by atoms with E-state index in [1.807, 2.05) is 52.0 Å². The third kappa shape index (κ3) is 4.69. The second-order valence-electron chi connectivity index (χ2n) is 8.60. The van der Waals surface area contributed by atoms with Gasteiger partial charge in [-0.05, 0) is 81.3 Å². The average molecular weight is 478 g/mol. The smallest absolute Gasteiger partial charge is 0.286 e. The predicted octanol–water partition coefficient (Wildman–Crippen LogP) is 4.80. The third-order valence-corrected chi connectivity index (χ3v) is 7.23. The Labute approximate surface area is 198 Å². The standard InChI is InChI=1S/C24H27NO5S.ClH/c1-13-14(2)21-18(15(3)20(13)26)9-10-24(4,30-21)12-29-17-7-5-16(6-8-17)11-19-22(27)25-23(28)31-19;/h5-8,19,26H,9-12H2,1-4H3,(H,25,27,28);1H. The summed E-state index contributed by atoms with van der Waals surface area (Å²) in [7, 11) is 0. The molecule has 4 rings (SSSR count). The van der Waals surface area contributed by atoms with Crippen LogP contribution in [0.3, 0.4) is 0 Å². The van der Waals surface area contributed by atoms with Gasteiger partial charge in [-0.25, -0.2) is 0 Å². The van der Waals surface area contributed by atoms with Gasteiger partial charge in [0.1, 0.15) is 29.5 Å². The number of ether oxygens (including phenoxy) is 2. The molecular formula is C24H28ClNO5S.